The summed E-state index contributed by atoms with van der Waals surface area (Å²) in [6, 6.07) is 9.47. The van der Waals surface area contributed by atoms with Gasteiger partial charge in [-0.15, -0.1) is 0 Å². The molecule has 114 valence electrons. The molecule has 22 heavy (non-hydrogen) atoms. The van der Waals surface area contributed by atoms with Crippen molar-refractivity contribution in [3.05, 3.63) is 68.9 Å². The monoisotopic (exact) mass is 402 g/mol. The van der Waals surface area contributed by atoms with E-state index in [0.717, 1.165) is 10.0 Å². The highest BCUT2D eigenvalue weighted by Gasteiger charge is 2.06. The first-order chi connectivity index (χ1) is 10.5. The molecule has 0 atom stereocenters. The van der Waals surface area contributed by atoms with Crippen LogP contribution in [0.1, 0.15) is 11.1 Å². The van der Waals surface area contributed by atoms with E-state index in [1.54, 1.807) is 30.3 Å². The van der Waals surface area contributed by atoms with Crippen LogP contribution in [0.5, 0.6) is 5.75 Å². The van der Waals surface area contributed by atoms with Crippen molar-refractivity contribution in [2.75, 3.05) is 0 Å². The zero-order valence-electron chi connectivity index (χ0n) is 11.2. The Morgan fingerprint density at radius 3 is 2.68 bits per heavy atom. The normalized spacial score (nSPS) is 10.9. The number of allylic oxidation sites excluding steroid dienone is 1. The molecule has 0 aliphatic rings. The van der Waals surface area contributed by atoms with Crippen molar-refractivity contribution >= 4 is 50.5 Å². The van der Waals surface area contributed by atoms with Crippen LogP contribution in [-0.2, 0) is 11.4 Å². The molecule has 2 nitrogen and oxygen atoms in total. The Hall–Kier alpha value is -1.36. The standard InChI is InChI=1S/C16H10BrCl2FO2/c17-13-7-10(2-6-16(19)21)1-5-15(13)22-9-11-3-4-12(20)8-14(11)18/h1-8H,9H2/b6-2+. The molecule has 0 amide bonds. The number of carbonyl (C=O) groups is 1. The van der Waals surface area contributed by atoms with Crippen LogP contribution in [0.4, 0.5) is 4.39 Å². The maximum atomic E-state index is 13.0. The highest BCUT2D eigenvalue weighted by atomic mass is 79.9. The van der Waals surface area contributed by atoms with Gasteiger partial charge in [0.15, 0.2) is 0 Å². The third kappa shape index (κ3) is 4.83. The number of ether oxygens (including phenoxy) is 1. The van der Waals surface area contributed by atoms with Crippen molar-refractivity contribution in [3.63, 3.8) is 0 Å². The van der Waals surface area contributed by atoms with Crippen molar-refractivity contribution in [3.8, 4) is 5.75 Å². The third-order valence-electron chi connectivity index (χ3n) is 2.76. The average Bonchev–Trinajstić information content (AvgIpc) is 2.45. The van der Waals surface area contributed by atoms with E-state index in [9.17, 15) is 9.18 Å². The highest BCUT2D eigenvalue weighted by molar-refractivity contribution is 9.10. The summed E-state index contributed by atoms with van der Waals surface area (Å²) in [5.74, 6) is 0.217. The summed E-state index contributed by atoms with van der Waals surface area (Å²) in [6.07, 6.45) is 2.86. The molecule has 6 heteroatoms. The van der Waals surface area contributed by atoms with E-state index in [0.29, 0.717) is 16.3 Å². The van der Waals surface area contributed by atoms with E-state index in [4.69, 9.17) is 27.9 Å². The van der Waals surface area contributed by atoms with Crippen LogP contribution in [0.2, 0.25) is 5.02 Å². The summed E-state index contributed by atoms with van der Waals surface area (Å²) in [5.41, 5.74) is 1.49. The first-order valence-electron chi connectivity index (χ1n) is 6.19. The van der Waals surface area contributed by atoms with Gasteiger partial charge in [0.2, 0.25) is 5.24 Å². The number of carbonyl (C=O) groups excluding carboxylic acids is 1. The van der Waals surface area contributed by atoms with Gasteiger partial charge in [0.25, 0.3) is 0 Å². The van der Waals surface area contributed by atoms with Crippen molar-refractivity contribution < 1.29 is 13.9 Å². The number of hydrogen-bond donors (Lipinski definition) is 0. The lowest BCUT2D eigenvalue weighted by molar-refractivity contribution is -0.107. The van der Waals surface area contributed by atoms with Gasteiger partial charge in [-0.2, -0.15) is 0 Å². The lowest BCUT2D eigenvalue weighted by Crippen LogP contribution is -1.97. The second-order valence-corrected chi connectivity index (χ2v) is 5.99. The Morgan fingerprint density at radius 2 is 2.05 bits per heavy atom. The second-order valence-electron chi connectivity index (χ2n) is 4.35. The summed E-state index contributed by atoms with van der Waals surface area (Å²) in [7, 11) is 0. The van der Waals surface area contributed by atoms with Crippen LogP contribution >= 0.6 is 39.1 Å². The summed E-state index contributed by atoms with van der Waals surface area (Å²) >= 11 is 14.6. The molecule has 0 bridgehead atoms. The molecular weight excluding hydrogens is 394 g/mol. The first kappa shape index (κ1) is 17.0. The molecule has 0 aliphatic heterocycles. The first-order valence-corrected chi connectivity index (χ1v) is 7.74. The van der Waals surface area contributed by atoms with Crippen LogP contribution in [0, 0.1) is 5.82 Å². The van der Waals surface area contributed by atoms with E-state index >= 15 is 0 Å². The Kier molecular flexibility index (Phi) is 6.00. The van der Waals surface area contributed by atoms with Gasteiger partial charge in [-0.3, -0.25) is 4.79 Å². The van der Waals surface area contributed by atoms with Gasteiger partial charge in [0.1, 0.15) is 18.2 Å². The smallest absolute Gasteiger partial charge is 0.245 e. The summed E-state index contributed by atoms with van der Waals surface area (Å²) in [5, 5.41) is -0.223. The van der Waals surface area contributed by atoms with Gasteiger partial charge >= 0.3 is 0 Å². The fourth-order valence-electron chi connectivity index (χ4n) is 1.69. The quantitative estimate of drug-likeness (QED) is 0.479. The molecule has 0 fully saturated rings. The van der Waals surface area contributed by atoms with E-state index in [-0.39, 0.29) is 12.4 Å². The Labute approximate surface area is 145 Å². The molecule has 0 spiro atoms. The molecular formula is C16H10BrCl2FO2. The fraction of sp³-hybridized carbons (Fsp3) is 0.0625. The molecule has 2 aromatic carbocycles. The van der Waals surface area contributed by atoms with Gasteiger partial charge in [0, 0.05) is 5.56 Å². The number of halogens is 4. The van der Waals surface area contributed by atoms with Crippen LogP contribution in [-0.4, -0.2) is 5.24 Å². The lowest BCUT2D eigenvalue weighted by atomic mass is 10.2. The predicted molar refractivity (Wildman–Crippen MR) is 89.8 cm³/mol. The predicted octanol–water partition coefficient (Wildman–Crippen LogP) is 5.60. The summed E-state index contributed by atoms with van der Waals surface area (Å²) in [6.45, 7) is 0.215. The molecule has 0 radical (unpaired) electrons. The van der Waals surface area contributed by atoms with Gasteiger partial charge in [0.05, 0.1) is 9.50 Å². The molecule has 0 saturated carbocycles. The van der Waals surface area contributed by atoms with E-state index < -0.39 is 5.24 Å². The highest BCUT2D eigenvalue weighted by Crippen LogP contribution is 2.28. The zero-order chi connectivity index (χ0) is 16.1. The minimum atomic E-state index is -0.539. The molecule has 0 aliphatic carbocycles. The minimum absolute atomic E-state index is 0.215. The molecule has 0 saturated heterocycles. The lowest BCUT2D eigenvalue weighted by Gasteiger charge is -2.10. The van der Waals surface area contributed by atoms with Crippen molar-refractivity contribution in [2.24, 2.45) is 0 Å². The molecule has 0 heterocycles. The molecule has 0 aromatic heterocycles. The molecule has 2 rings (SSSR count). The number of hydrogen-bond acceptors (Lipinski definition) is 2. The van der Waals surface area contributed by atoms with Gasteiger partial charge < -0.3 is 4.74 Å². The molecule has 2 aromatic rings. The Balaban J connectivity index is 2.08. The third-order valence-corrected chi connectivity index (χ3v) is 3.86. The van der Waals surface area contributed by atoms with Crippen LogP contribution in [0.15, 0.2) is 46.9 Å². The van der Waals surface area contributed by atoms with Gasteiger partial charge in [-0.05, 0) is 63.4 Å². The van der Waals surface area contributed by atoms with Crippen LogP contribution < -0.4 is 4.74 Å². The minimum Gasteiger partial charge on any atom is -0.488 e. The summed E-state index contributed by atoms with van der Waals surface area (Å²) in [4.78, 5) is 10.7. The fourth-order valence-corrected chi connectivity index (χ4v) is 2.49. The number of rotatable bonds is 5. The summed E-state index contributed by atoms with van der Waals surface area (Å²) < 4.78 is 19.3. The van der Waals surface area contributed by atoms with E-state index in [2.05, 4.69) is 15.9 Å². The Bertz CT molecular complexity index is 732. The van der Waals surface area contributed by atoms with Crippen molar-refractivity contribution in [2.45, 2.75) is 6.61 Å². The van der Waals surface area contributed by atoms with E-state index in [1.807, 2.05) is 0 Å². The van der Waals surface area contributed by atoms with Crippen molar-refractivity contribution in [1.29, 1.82) is 0 Å². The topological polar surface area (TPSA) is 26.3 Å². The van der Waals surface area contributed by atoms with Crippen LogP contribution in [0.3, 0.4) is 0 Å². The number of benzene rings is 2. The second kappa shape index (κ2) is 7.77. The SMILES string of the molecule is O=C(Cl)/C=C/c1ccc(OCc2ccc(F)cc2Cl)c(Br)c1. The van der Waals surface area contributed by atoms with Gasteiger partial charge in [-0.1, -0.05) is 29.8 Å². The maximum Gasteiger partial charge on any atom is 0.245 e. The largest absolute Gasteiger partial charge is 0.488 e. The molecule has 0 N–H and O–H groups in total. The van der Waals surface area contributed by atoms with Crippen molar-refractivity contribution in [1.82, 2.24) is 0 Å². The molecule has 0 unspecified atom stereocenters. The Morgan fingerprint density at radius 1 is 1.27 bits per heavy atom. The van der Waals surface area contributed by atoms with Gasteiger partial charge in [-0.25, -0.2) is 4.39 Å². The zero-order valence-corrected chi connectivity index (χ0v) is 14.3. The average molecular weight is 404 g/mol. The maximum absolute atomic E-state index is 13.0. The van der Waals surface area contributed by atoms with E-state index in [1.165, 1.54) is 18.2 Å². The van der Waals surface area contributed by atoms with Crippen LogP contribution in [0.25, 0.3) is 6.08 Å².